The van der Waals surface area contributed by atoms with Crippen LogP contribution in [-0.4, -0.2) is 25.7 Å². The minimum atomic E-state index is -0.786. The van der Waals surface area contributed by atoms with E-state index < -0.39 is 11.6 Å². The summed E-state index contributed by atoms with van der Waals surface area (Å²) in [4.78, 5) is 0. The minimum Gasteiger partial charge on any atom is -0.317 e. The molecule has 1 aliphatic heterocycles. The lowest BCUT2D eigenvalue weighted by Gasteiger charge is -2.31. The molecule has 0 aliphatic carbocycles. The van der Waals surface area contributed by atoms with Gasteiger partial charge < -0.3 is 10.6 Å². The number of rotatable bonds is 4. The number of hydrogen-bond donors (Lipinski definition) is 2. The van der Waals surface area contributed by atoms with Crippen molar-refractivity contribution in [3.8, 4) is 0 Å². The molecule has 0 atom stereocenters. The second kappa shape index (κ2) is 5.97. The maximum atomic E-state index is 13.3. The molecule has 106 valence electrons. The second-order valence-electron chi connectivity index (χ2n) is 5.92. The predicted octanol–water partition coefficient (Wildman–Crippen LogP) is 2.58. The Hall–Kier alpha value is -1.00. The molecule has 1 saturated heterocycles. The molecule has 0 unspecified atom stereocenters. The third kappa shape index (κ3) is 3.74. The molecule has 0 aromatic heterocycles. The molecule has 0 amide bonds. The SMILES string of the molecule is CC(C)(CNC1CCNCC1)c1ccc(F)c(F)c1. The summed E-state index contributed by atoms with van der Waals surface area (Å²) in [7, 11) is 0. The first-order valence-electron chi connectivity index (χ1n) is 6.89. The fraction of sp³-hybridized carbons (Fsp3) is 0.600. The Balaban J connectivity index is 1.98. The number of hydrogen-bond acceptors (Lipinski definition) is 2. The predicted molar refractivity (Wildman–Crippen MR) is 73.3 cm³/mol. The highest BCUT2D eigenvalue weighted by Gasteiger charge is 2.23. The first kappa shape index (κ1) is 14.4. The quantitative estimate of drug-likeness (QED) is 0.877. The Morgan fingerprint density at radius 1 is 1.21 bits per heavy atom. The Kier molecular flexibility index (Phi) is 4.53. The molecule has 0 radical (unpaired) electrons. The zero-order valence-corrected chi connectivity index (χ0v) is 11.6. The number of nitrogens with one attached hydrogen (secondary N) is 2. The van der Waals surface area contributed by atoms with Crippen molar-refractivity contribution in [3.05, 3.63) is 35.4 Å². The van der Waals surface area contributed by atoms with Crippen LogP contribution >= 0.6 is 0 Å². The van der Waals surface area contributed by atoms with Gasteiger partial charge in [0.25, 0.3) is 0 Å². The van der Waals surface area contributed by atoms with Crippen LogP contribution in [0.3, 0.4) is 0 Å². The Morgan fingerprint density at radius 3 is 2.53 bits per heavy atom. The van der Waals surface area contributed by atoms with Crippen molar-refractivity contribution in [2.45, 2.75) is 38.1 Å². The van der Waals surface area contributed by atoms with Crippen molar-refractivity contribution >= 4 is 0 Å². The van der Waals surface area contributed by atoms with Crippen LogP contribution in [0.5, 0.6) is 0 Å². The Bertz CT molecular complexity index is 426. The van der Waals surface area contributed by atoms with E-state index in [2.05, 4.69) is 10.6 Å². The van der Waals surface area contributed by atoms with Crippen LogP contribution in [0, 0.1) is 11.6 Å². The van der Waals surface area contributed by atoms with E-state index >= 15 is 0 Å². The monoisotopic (exact) mass is 268 g/mol. The van der Waals surface area contributed by atoms with Crippen LogP contribution < -0.4 is 10.6 Å². The lowest BCUT2D eigenvalue weighted by molar-refractivity contribution is 0.350. The minimum absolute atomic E-state index is 0.209. The van der Waals surface area contributed by atoms with Crippen LogP contribution in [0.4, 0.5) is 8.78 Å². The fourth-order valence-electron chi connectivity index (χ4n) is 2.44. The van der Waals surface area contributed by atoms with Crippen LogP contribution in [0.1, 0.15) is 32.3 Å². The summed E-state index contributed by atoms with van der Waals surface area (Å²) >= 11 is 0. The van der Waals surface area contributed by atoms with E-state index in [0.29, 0.717) is 6.04 Å². The van der Waals surface area contributed by atoms with Gasteiger partial charge in [-0.1, -0.05) is 19.9 Å². The van der Waals surface area contributed by atoms with Gasteiger partial charge in [0.1, 0.15) is 0 Å². The summed E-state index contributed by atoms with van der Waals surface area (Å²) in [5.41, 5.74) is 0.618. The number of halogens is 2. The van der Waals surface area contributed by atoms with E-state index in [4.69, 9.17) is 0 Å². The summed E-state index contributed by atoms with van der Waals surface area (Å²) < 4.78 is 26.3. The highest BCUT2D eigenvalue weighted by Crippen LogP contribution is 2.24. The first-order valence-corrected chi connectivity index (χ1v) is 6.89. The van der Waals surface area contributed by atoms with Gasteiger partial charge in [0, 0.05) is 18.0 Å². The standard InChI is InChI=1S/C15H22F2N2/c1-15(2,10-19-12-5-7-18-8-6-12)11-3-4-13(16)14(17)9-11/h3-4,9,12,18-19H,5-8,10H2,1-2H3. The van der Waals surface area contributed by atoms with E-state index in [0.717, 1.165) is 38.0 Å². The topological polar surface area (TPSA) is 24.1 Å². The molecule has 1 fully saturated rings. The molecule has 0 bridgehead atoms. The van der Waals surface area contributed by atoms with E-state index in [1.165, 1.54) is 12.1 Å². The summed E-state index contributed by atoms with van der Waals surface area (Å²) in [5, 5.41) is 6.86. The molecule has 2 rings (SSSR count). The molecule has 1 aliphatic rings. The molecular weight excluding hydrogens is 246 g/mol. The summed E-state index contributed by atoms with van der Waals surface area (Å²) in [6, 6.07) is 4.70. The second-order valence-corrected chi connectivity index (χ2v) is 5.92. The van der Waals surface area contributed by atoms with Gasteiger partial charge in [0.05, 0.1) is 0 Å². The molecular formula is C15H22F2N2. The van der Waals surface area contributed by atoms with Gasteiger partial charge in [-0.2, -0.15) is 0 Å². The Morgan fingerprint density at radius 2 is 1.89 bits per heavy atom. The largest absolute Gasteiger partial charge is 0.317 e. The van der Waals surface area contributed by atoms with E-state index in [1.54, 1.807) is 6.07 Å². The lowest BCUT2D eigenvalue weighted by Crippen LogP contribution is -2.44. The third-order valence-corrected chi connectivity index (χ3v) is 3.87. The molecule has 2 nitrogen and oxygen atoms in total. The highest BCUT2D eigenvalue weighted by atomic mass is 19.2. The van der Waals surface area contributed by atoms with Gasteiger partial charge >= 0.3 is 0 Å². The molecule has 1 heterocycles. The normalized spacial score (nSPS) is 17.7. The van der Waals surface area contributed by atoms with E-state index in [1.807, 2.05) is 13.8 Å². The van der Waals surface area contributed by atoms with Crippen molar-refractivity contribution in [3.63, 3.8) is 0 Å². The zero-order chi connectivity index (χ0) is 13.9. The van der Waals surface area contributed by atoms with Crippen molar-refractivity contribution in [1.82, 2.24) is 10.6 Å². The molecule has 2 N–H and O–H groups in total. The molecule has 19 heavy (non-hydrogen) atoms. The van der Waals surface area contributed by atoms with Crippen molar-refractivity contribution in [2.75, 3.05) is 19.6 Å². The van der Waals surface area contributed by atoms with Crippen molar-refractivity contribution in [2.24, 2.45) is 0 Å². The number of piperidine rings is 1. The molecule has 1 aromatic rings. The van der Waals surface area contributed by atoms with Crippen molar-refractivity contribution < 1.29 is 8.78 Å². The third-order valence-electron chi connectivity index (χ3n) is 3.87. The van der Waals surface area contributed by atoms with Gasteiger partial charge in [-0.3, -0.25) is 0 Å². The molecule has 4 heteroatoms. The molecule has 1 aromatic carbocycles. The maximum Gasteiger partial charge on any atom is 0.159 e. The van der Waals surface area contributed by atoms with Crippen LogP contribution in [-0.2, 0) is 5.41 Å². The van der Waals surface area contributed by atoms with Gasteiger partial charge in [0.15, 0.2) is 11.6 Å². The zero-order valence-electron chi connectivity index (χ0n) is 11.6. The fourth-order valence-corrected chi connectivity index (χ4v) is 2.44. The summed E-state index contributed by atoms with van der Waals surface area (Å²) in [6.45, 7) is 6.96. The average Bonchev–Trinajstić information content (AvgIpc) is 2.41. The van der Waals surface area contributed by atoms with Gasteiger partial charge in [0.2, 0.25) is 0 Å². The smallest absolute Gasteiger partial charge is 0.159 e. The Labute approximate surface area is 113 Å². The van der Waals surface area contributed by atoms with Crippen LogP contribution in [0.25, 0.3) is 0 Å². The van der Waals surface area contributed by atoms with E-state index in [-0.39, 0.29) is 5.41 Å². The van der Waals surface area contributed by atoms with E-state index in [9.17, 15) is 8.78 Å². The van der Waals surface area contributed by atoms with Crippen LogP contribution in [0.15, 0.2) is 18.2 Å². The van der Waals surface area contributed by atoms with Gasteiger partial charge in [-0.15, -0.1) is 0 Å². The molecule has 0 spiro atoms. The number of benzene rings is 1. The highest BCUT2D eigenvalue weighted by molar-refractivity contribution is 5.25. The van der Waals surface area contributed by atoms with Crippen molar-refractivity contribution in [1.29, 1.82) is 0 Å². The van der Waals surface area contributed by atoms with Gasteiger partial charge in [-0.05, 0) is 43.6 Å². The average molecular weight is 268 g/mol. The first-order chi connectivity index (χ1) is 8.99. The summed E-state index contributed by atoms with van der Waals surface area (Å²) in [5.74, 6) is -1.56. The van der Waals surface area contributed by atoms with Gasteiger partial charge in [-0.25, -0.2) is 8.78 Å². The molecule has 0 saturated carbocycles. The summed E-state index contributed by atoms with van der Waals surface area (Å²) in [6.07, 6.45) is 2.24. The lowest BCUT2D eigenvalue weighted by atomic mass is 9.84. The maximum absolute atomic E-state index is 13.3. The van der Waals surface area contributed by atoms with Crippen LogP contribution in [0.2, 0.25) is 0 Å².